The van der Waals surface area contributed by atoms with Crippen LogP contribution in [0.4, 0.5) is 4.79 Å². The predicted molar refractivity (Wildman–Crippen MR) is 130 cm³/mol. The lowest BCUT2D eigenvalue weighted by Crippen LogP contribution is -2.54. The molecular formula is C25H48N2O3Si. The third-order valence-corrected chi connectivity index (χ3v) is 12.7. The molecule has 31 heavy (non-hydrogen) atoms. The fourth-order valence-corrected chi connectivity index (χ4v) is 7.22. The average molecular weight is 453 g/mol. The largest absolute Gasteiger partial charge is 0.444 e. The number of rotatable bonds is 8. The standard InChI is InChI=1S/C25H48N2O3Si/c1-23(2,3)30-22(28)27-21(16-29-31(7,8)24(4,5)6)15-26-17-25-12-18-9-19(13-25)11-20(10-18)14-25/h18-21,26H,9-17H2,1-8H3,(H,27,28)/t18?,19?,20?,21-,25?/m0/s1. The number of carbonyl (C=O) groups is 1. The summed E-state index contributed by atoms with van der Waals surface area (Å²) < 4.78 is 12.0. The van der Waals surface area contributed by atoms with Gasteiger partial charge in [0.1, 0.15) is 5.60 Å². The van der Waals surface area contributed by atoms with Crippen molar-refractivity contribution < 1.29 is 14.0 Å². The number of amides is 1. The van der Waals surface area contributed by atoms with Gasteiger partial charge in [0.2, 0.25) is 0 Å². The van der Waals surface area contributed by atoms with E-state index in [1.165, 1.54) is 38.5 Å². The van der Waals surface area contributed by atoms with Crippen LogP contribution in [0, 0.1) is 23.2 Å². The summed E-state index contributed by atoms with van der Waals surface area (Å²) in [4.78, 5) is 12.5. The predicted octanol–water partition coefficient (Wildman–Crippen LogP) is 5.71. The van der Waals surface area contributed by atoms with Crippen molar-refractivity contribution in [3.63, 3.8) is 0 Å². The zero-order valence-corrected chi connectivity index (χ0v) is 22.4. The Kier molecular flexibility index (Phi) is 7.25. The van der Waals surface area contributed by atoms with Gasteiger partial charge in [0.05, 0.1) is 12.6 Å². The third-order valence-electron chi connectivity index (χ3n) is 8.23. The first-order valence-corrected chi connectivity index (χ1v) is 15.4. The summed E-state index contributed by atoms with van der Waals surface area (Å²) in [7, 11) is -1.88. The molecule has 0 spiro atoms. The summed E-state index contributed by atoms with van der Waals surface area (Å²) in [6, 6.07) is -0.0853. The topological polar surface area (TPSA) is 59.6 Å². The van der Waals surface area contributed by atoms with E-state index in [0.29, 0.717) is 12.0 Å². The van der Waals surface area contributed by atoms with Gasteiger partial charge in [0, 0.05) is 13.1 Å². The smallest absolute Gasteiger partial charge is 0.407 e. The molecule has 4 aliphatic carbocycles. The molecule has 0 aromatic heterocycles. The second-order valence-corrected chi connectivity index (χ2v) is 18.3. The maximum Gasteiger partial charge on any atom is 0.407 e. The molecule has 4 saturated carbocycles. The molecule has 4 aliphatic rings. The molecule has 0 unspecified atom stereocenters. The Bertz CT molecular complexity index is 600. The van der Waals surface area contributed by atoms with E-state index in [4.69, 9.17) is 9.16 Å². The van der Waals surface area contributed by atoms with Crippen molar-refractivity contribution in [1.29, 1.82) is 0 Å². The van der Waals surface area contributed by atoms with Crippen LogP contribution in [0.3, 0.4) is 0 Å². The van der Waals surface area contributed by atoms with Gasteiger partial charge in [-0.05, 0) is 101 Å². The number of alkyl carbamates (subject to hydrolysis) is 1. The van der Waals surface area contributed by atoms with Crippen molar-refractivity contribution in [2.75, 3.05) is 19.7 Å². The molecule has 4 fully saturated rings. The van der Waals surface area contributed by atoms with Gasteiger partial charge in [-0.1, -0.05) is 20.8 Å². The lowest BCUT2D eigenvalue weighted by atomic mass is 9.49. The van der Waals surface area contributed by atoms with Crippen LogP contribution in [0.1, 0.15) is 80.1 Å². The van der Waals surface area contributed by atoms with E-state index in [1.807, 2.05) is 20.8 Å². The van der Waals surface area contributed by atoms with Crippen LogP contribution in [0.2, 0.25) is 18.1 Å². The molecule has 4 bridgehead atoms. The van der Waals surface area contributed by atoms with E-state index >= 15 is 0 Å². The molecule has 4 rings (SSSR count). The molecule has 0 saturated heterocycles. The number of hydrogen-bond acceptors (Lipinski definition) is 4. The zero-order valence-electron chi connectivity index (χ0n) is 21.4. The lowest BCUT2D eigenvalue weighted by molar-refractivity contribution is -0.0515. The van der Waals surface area contributed by atoms with E-state index in [1.54, 1.807) is 0 Å². The van der Waals surface area contributed by atoms with Crippen molar-refractivity contribution in [3.05, 3.63) is 0 Å². The van der Waals surface area contributed by atoms with Crippen LogP contribution in [0.15, 0.2) is 0 Å². The molecule has 2 N–H and O–H groups in total. The highest BCUT2D eigenvalue weighted by Crippen LogP contribution is 2.59. The minimum atomic E-state index is -1.88. The van der Waals surface area contributed by atoms with Gasteiger partial charge >= 0.3 is 6.09 Å². The van der Waals surface area contributed by atoms with Crippen molar-refractivity contribution in [2.24, 2.45) is 23.2 Å². The summed E-state index contributed by atoms with van der Waals surface area (Å²) in [5.41, 5.74) is -0.00689. The highest BCUT2D eigenvalue weighted by Gasteiger charge is 2.50. The molecule has 0 heterocycles. The maximum absolute atomic E-state index is 12.5. The van der Waals surface area contributed by atoms with Gasteiger partial charge in [-0.2, -0.15) is 0 Å². The Hall–Kier alpha value is -0.593. The molecule has 0 aromatic carbocycles. The summed E-state index contributed by atoms with van der Waals surface area (Å²) in [5, 5.41) is 6.98. The molecule has 5 nitrogen and oxygen atoms in total. The molecule has 180 valence electrons. The van der Waals surface area contributed by atoms with Crippen molar-refractivity contribution in [1.82, 2.24) is 10.6 Å². The minimum Gasteiger partial charge on any atom is -0.444 e. The quantitative estimate of drug-likeness (QED) is 0.463. The van der Waals surface area contributed by atoms with Gasteiger partial charge in [-0.25, -0.2) is 4.79 Å². The van der Waals surface area contributed by atoms with Gasteiger partial charge in [0.25, 0.3) is 0 Å². The van der Waals surface area contributed by atoms with Crippen LogP contribution in [-0.4, -0.2) is 45.7 Å². The first-order chi connectivity index (χ1) is 14.2. The molecule has 0 aliphatic heterocycles. The first kappa shape index (κ1) is 25.0. The molecule has 1 atom stereocenters. The van der Waals surface area contributed by atoms with Crippen molar-refractivity contribution in [2.45, 2.75) is 110 Å². The highest BCUT2D eigenvalue weighted by atomic mass is 28.4. The second-order valence-electron chi connectivity index (χ2n) is 13.5. The molecular weight excluding hydrogens is 404 g/mol. The SMILES string of the molecule is CC(C)(C)OC(=O)N[C@@H](CNCC12CC3CC(CC(C3)C1)C2)CO[Si](C)(C)C(C)(C)C. The zero-order chi connectivity index (χ0) is 23.1. The minimum absolute atomic E-state index is 0.0853. The van der Waals surface area contributed by atoms with Gasteiger partial charge in [0.15, 0.2) is 8.32 Å². The molecule has 1 amide bonds. The van der Waals surface area contributed by atoms with Crippen LogP contribution >= 0.6 is 0 Å². The van der Waals surface area contributed by atoms with Crippen LogP contribution in [0.5, 0.6) is 0 Å². The average Bonchev–Trinajstić information content (AvgIpc) is 2.55. The van der Waals surface area contributed by atoms with E-state index in [-0.39, 0.29) is 17.2 Å². The van der Waals surface area contributed by atoms with Crippen LogP contribution < -0.4 is 10.6 Å². The fourth-order valence-electron chi connectivity index (χ4n) is 6.17. The number of nitrogens with one attached hydrogen (secondary N) is 2. The monoisotopic (exact) mass is 452 g/mol. The second kappa shape index (κ2) is 8.98. The van der Waals surface area contributed by atoms with E-state index in [2.05, 4.69) is 44.5 Å². The van der Waals surface area contributed by atoms with Gasteiger partial charge in [-0.15, -0.1) is 0 Å². The maximum atomic E-state index is 12.5. The number of carbonyl (C=O) groups excluding carboxylic acids is 1. The van der Waals surface area contributed by atoms with Crippen LogP contribution in [0.25, 0.3) is 0 Å². The van der Waals surface area contributed by atoms with Gasteiger partial charge in [-0.3, -0.25) is 0 Å². The lowest BCUT2D eigenvalue weighted by Gasteiger charge is -2.57. The summed E-state index contributed by atoms with van der Waals surface area (Å²) in [6.45, 7) is 19.3. The van der Waals surface area contributed by atoms with E-state index < -0.39 is 13.9 Å². The van der Waals surface area contributed by atoms with Crippen molar-refractivity contribution in [3.8, 4) is 0 Å². The fraction of sp³-hybridized carbons (Fsp3) is 0.960. The third kappa shape index (κ3) is 6.70. The van der Waals surface area contributed by atoms with Gasteiger partial charge < -0.3 is 19.8 Å². The molecule has 0 aromatic rings. The Morgan fingerprint density at radius 1 is 1.00 bits per heavy atom. The van der Waals surface area contributed by atoms with E-state index in [9.17, 15) is 4.79 Å². The Morgan fingerprint density at radius 2 is 1.52 bits per heavy atom. The first-order valence-electron chi connectivity index (χ1n) is 12.5. The normalized spacial score (nSPS) is 31.5. The van der Waals surface area contributed by atoms with E-state index in [0.717, 1.165) is 30.8 Å². The summed E-state index contributed by atoms with van der Waals surface area (Å²) in [6.07, 6.45) is 8.27. The molecule has 0 radical (unpaired) electrons. The molecule has 6 heteroatoms. The Morgan fingerprint density at radius 3 is 1.97 bits per heavy atom. The highest BCUT2D eigenvalue weighted by molar-refractivity contribution is 6.74. The number of hydrogen-bond donors (Lipinski definition) is 2. The number of ether oxygens (including phenoxy) is 1. The Labute approximate surface area is 191 Å². The van der Waals surface area contributed by atoms with Crippen molar-refractivity contribution >= 4 is 14.4 Å². The Balaban J connectivity index is 1.56. The van der Waals surface area contributed by atoms with Crippen LogP contribution in [-0.2, 0) is 9.16 Å². The summed E-state index contributed by atoms with van der Waals surface area (Å²) in [5.74, 6) is 2.89. The summed E-state index contributed by atoms with van der Waals surface area (Å²) >= 11 is 0.